The van der Waals surface area contributed by atoms with E-state index in [0.717, 1.165) is 68.1 Å². The minimum Gasteiger partial charge on any atom is -0.490 e. The largest absolute Gasteiger partial charge is 0.490 e. The average Bonchev–Trinajstić information content (AvgIpc) is 3.42. The molecule has 0 radical (unpaired) electrons. The Morgan fingerprint density at radius 1 is 1.25 bits per heavy atom. The van der Waals surface area contributed by atoms with E-state index >= 15 is 0 Å². The van der Waals surface area contributed by atoms with Gasteiger partial charge in [0.1, 0.15) is 5.75 Å². The molecule has 5 unspecified atom stereocenters. The molecule has 36 heavy (non-hydrogen) atoms. The molecule has 2 saturated carbocycles. The molecule has 5 atom stereocenters. The highest BCUT2D eigenvalue weighted by atomic mass is 32.2. The first-order valence-electron chi connectivity index (χ1n) is 12.6. The molecule has 11 heteroatoms. The number of carbonyl (C=O) groups excluding carboxylic acids is 1. The van der Waals surface area contributed by atoms with Gasteiger partial charge in [-0.1, -0.05) is 0 Å². The standard InChI is InChI=1S/C25H32FN7O2S/c1-32-4-6-33(7-5-32)18-3-2-15-12-19(18)35-8-9-36-20-11-14-10-16(20)22(21(14)23(27)34)30-24-17(26)13-28-25(29-15)31-24/h2-3,12-14,16,20-22H,4-11H2,1H3,(H2,27,34)(H2,28,29,30,31). The van der Waals surface area contributed by atoms with E-state index in [4.69, 9.17) is 10.5 Å². The number of anilines is 4. The minimum absolute atomic E-state index is 0.0976. The van der Waals surface area contributed by atoms with Crippen molar-refractivity contribution in [1.29, 1.82) is 0 Å². The van der Waals surface area contributed by atoms with E-state index in [0.29, 0.717) is 11.9 Å². The lowest BCUT2D eigenvalue weighted by molar-refractivity contribution is -0.123. The predicted molar refractivity (Wildman–Crippen MR) is 139 cm³/mol. The van der Waals surface area contributed by atoms with Gasteiger partial charge in [0, 0.05) is 55.0 Å². The molecule has 1 aromatic heterocycles. The highest BCUT2D eigenvalue weighted by molar-refractivity contribution is 7.99. The van der Waals surface area contributed by atoms with Crippen LogP contribution in [-0.4, -0.2) is 77.7 Å². The van der Waals surface area contributed by atoms with Crippen molar-refractivity contribution < 1.29 is 13.9 Å². The Kier molecular flexibility index (Phi) is 6.28. The van der Waals surface area contributed by atoms with Crippen molar-refractivity contribution in [2.24, 2.45) is 23.5 Å². The van der Waals surface area contributed by atoms with E-state index in [9.17, 15) is 9.18 Å². The number of ether oxygens (including phenoxy) is 1. The number of primary amides is 1. The lowest BCUT2D eigenvalue weighted by atomic mass is 9.83. The quantitative estimate of drug-likeness (QED) is 0.558. The third-order valence-corrected chi connectivity index (χ3v) is 9.42. The highest BCUT2D eigenvalue weighted by Crippen LogP contribution is 2.53. The van der Waals surface area contributed by atoms with Gasteiger partial charge in [0.05, 0.1) is 24.4 Å². The Bertz CT molecular complexity index is 1150. The fourth-order valence-corrected chi connectivity index (χ4v) is 7.68. The van der Waals surface area contributed by atoms with Crippen LogP contribution in [0.25, 0.3) is 0 Å². The number of rotatable bonds is 2. The summed E-state index contributed by atoms with van der Waals surface area (Å²) in [6.45, 7) is 4.48. The summed E-state index contributed by atoms with van der Waals surface area (Å²) in [5, 5.41) is 6.81. The number of thioether (sulfide) groups is 1. The fourth-order valence-electron chi connectivity index (χ4n) is 6.28. The first kappa shape index (κ1) is 23.6. The highest BCUT2D eigenvalue weighted by Gasteiger charge is 2.55. The summed E-state index contributed by atoms with van der Waals surface area (Å²) in [4.78, 5) is 25.6. The third kappa shape index (κ3) is 4.43. The first-order valence-corrected chi connectivity index (χ1v) is 13.7. The topological polar surface area (TPSA) is 109 Å². The van der Waals surface area contributed by atoms with Crippen molar-refractivity contribution >= 4 is 40.8 Å². The van der Waals surface area contributed by atoms with Gasteiger partial charge in [-0.05, 0) is 43.9 Å². The second-order valence-electron chi connectivity index (χ2n) is 10.2. The maximum absolute atomic E-state index is 14.8. The lowest BCUT2D eigenvalue weighted by Gasteiger charge is -2.35. The summed E-state index contributed by atoms with van der Waals surface area (Å²) in [6.07, 6.45) is 3.02. The number of nitrogens with two attached hydrogens (primary N) is 1. The Balaban J connectivity index is 1.32. The molecular formula is C25H32FN7O2S. The molecule has 4 N–H and O–H groups in total. The SMILES string of the molecule is CN1CCN(c2ccc3cc2OCCSC2CC4CC2C(Nc2nc(ncc2F)N3)C4C(N)=O)CC1. The van der Waals surface area contributed by atoms with Crippen LogP contribution in [0.4, 0.5) is 27.5 Å². The second-order valence-corrected chi connectivity index (χ2v) is 11.6. The van der Waals surface area contributed by atoms with E-state index < -0.39 is 5.82 Å². The van der Waals surface area contributed by atoms with Crippen molar-refractivity contribution in [3.63, 3.8) is 0 Å². The summed E-state index contributed by atoms with van der Waals surface area (Å²) >= 11 is 1.88. The molecule has 2 aliphatic carbocycles. The van der Waals surface area contributed by atoms with Gasteiger partial charge in [-0.3, -0.25) is 4.79 Å². The molecule has 0 spiro atoms. The number of nitrogens with one attached hydrogen (secondary N) is 2. The van der Waals surface area contributed by atoms with E-state index in [1.54, 1.807) is 0 Å². The van der Waals surface area contributed by atoms with Crippen LogP contribution in [0.5, 0.6) is 5.75 Å². The zero-order valence-corrected chi connectivity index (χ0v) is 21.1. The van der Waals surface area contributed by atoms with Crippen LogP contribution in [0.15, 0.2) is 24.4 Å². The monoisotopic (exact) mass is 513 g/mol. The van der Waals surface area contributed by atoms with Gasteiger partial charge in [0.15, 0.2) is 11.6 Å². The Morgan fingerprint density at radius 2 is 2.08 bits per heavy atom. The summed E-state index contributed by atoms with van der Waals surface area (Å²) in [5.41, 5.74) is 7.63. The van der Waals surface area contributed by atoms with Crippen LogP contribution in [0.1, 0.15) is 12.8 Å². The summed E-state index contributed by atoms with van der Waals surface area (Å²) in [6, 6.07) is 5.76. The van der Waals surface area contributed by atoms with Crippen LogP contribution >= 0.6 is 11.8 Å². The first-order chi connectivity index (χ1) is 17.5. The van der Waals surface area contributed by atoms with Crippen LogP contribution < -0.4 is 26.0 Å². The van der Waals surface area contributed by atoms with E-state index in [-0.39, 0.29) is 41.5 Å². The number of piperazine rings is 1. The van der Waals surface area contributed by atoms with E-state index in [2.05, 4.69) is 43.5 Å². The molecule has 1 saturated heterocycles. The normalized spacial score (nSPS) is 29.9. The van der Waals surface area contributed by atoms with Crippen LogP contribution in [-0.2, 0) is 4.79 Å². The molecule has 1 amide bonds. The molecule has 1 aromatic carbocycles. The summed E-state index contributed by atoms with van der Waals surface area (Å²) in [7, 11) is 2.14. The molecule has 4 aliphatic rings. The van der Waals surface area contributed by atoms with Crippen molar-refractivity contribution in [2.45, 2.75) is 24.1 Å². The van der Waals surface area contributed by atoms with E-state index in [1.165, 1.54) is 0 Å². The number of halogens is 1. The number of nitrogens with zero attached hydrogens (tertiary/aromatic N) is 4. The van der Waals surface area contributed by atoms with Gasteiger partial charge in [-0.25, -0.2) is 9.37 Å². The zero-order chi connectivity index (χ0) is 24.8. The number of amides is 1. The summed E-state index contributed by atoms with van der Waals surface area (Å²) < 4.78 is 21.1. The third-order valence-electron chi connectivity index (χ3n) is 8.05. The molecule has 6 bridgehead atoms. The number of hydrogen-bond donors (Lipinski definition) is 3. The number of fused-ring (bicyclic) bond motifs is 5. The predicted octanol–water partition coefficient (Wildman–Crippen LogP) is 2.53. The van der Waals surface area contributed by atoms with Gasteiger partial charge < -0.3 is 30.9 Å². The van der Waals surface area contributed by atoms with Gasteiger partial charge in [-0.2, -0.15) is 16.7 Å². The van der Waals surface area contributed by atoms with Crippen LogP contribution in [0, 0.1) is 23.6 Å². The Labute approximate surface area is 214 Å². The molecular weight excluding hydrogens is 481 g/mol. The zero-order valence-electron chi connectivity index (χ0n) is 20.3. The fraction of sp³-hybridized carbons (Fsp3) is 0.560. The number of benzene rings is 1. The van der Waals surface area contributed by atoms with Crippen molar-refractivity contribution in [3.05, 3.63) is 30.2 Å². The van der Waals surface area contributed by atoms with E-state index in [1.807, 2.05) is 23.9 Å². The van der Waals surface area contributed by atoms with Gasteiger partial charge in [0.2, 0.25) is 11.9 Å². The maximum atomic E-state index is 14.8. The smallest absolute Gasteiger partial charge is 0.229 e. The van der Waals surface area contributed by atoms with Crippen LogP contribution in [0.3, 0.4) is 0 Å². The van der Waals surface area contributed by atoms with Gasteiger partial charge in [0.25, 0.3) is 0 Å². The number of carbonyl (C=O) groups is 1. The molecule has 192 valence electrons. The number of likely N-dealkylation sites (N-methyl/N-ethyl adjacent to an activating group) is 1. The molecule has 2 aromatic rings. The van der Waals surface area contributed by atoms with Crippen molar-refractivity contribution in [3.8, 4) is 5.75 Å². The molecule has 6 rings (SSSR count). The second kappa shape index (κ2) is 9.59. The minimum atomic E-state index is -0.547. The summed E-state index contributed by atoms with van der Waals surface area (Å²) in [5.74, 6) is 1.25. The maximum Gasteiger partial charge on any atom is 0.229 e. The Morgan fingerprint density at radius 3 is 2.89 bits per heavy atom. The van der Waals surface area contributed by atoms with Gasteiger partial charge >= 0.3 is 0 Å². The number of aromatic nitrogens is 2. The van der Waals surface area contributed by atoms with Gasteiger partial charge in [-0.15, -0.1) is 0 Å². The van der Waals surface area contributed by atoms with Crippen molar-refractivity contribution in [1.82, 2.24) is 14.9 Å². The van der Waals surface area contributed by atoms with Crippen LogP contribution in [0.2, 0.25) is 0 Å². The van der Waals surface area contributed by atoms with Crippen molar-refractivity contribution in [2.75, 3.05) is 61.1 Å². The Hall–Kier alpha value is -2.79. The molecule has 3 fully saturated rings. The average molecular weight is 514 g/mol. The molecule has 2 aliphatic heterocycles. The molecule has 9 nitrogen and oxygen atoms in total. The lowest BCUT2D eigenvalue weighted by Crippen LogP contribution is -2.46. The number of hydrogen-bond acceptors (Lipinski definition) is 9. The molecule has 3 heterocycles.